The highest BCUT2D eigenvalue weighted by atomic mass is 35.5. The van der Waals surface area contributed by atoms with Crippen molar-refractivity contribution in [1.82, 2.24) is 4.90 Å². The van der Waals surface area contributed by atoms with Gasteiger partial charge in [0.2, 0.25) is 5.91 Å². The fraction of sp³-hybridized carbons (Fsp3) is 0.722. The summed E-state index contributed by atoms with van der Waals surface area (Å²) in [6.45, 7) is 4.61. The summed E-state index contributed by atoms with van der Waals surface area (Å²) < 4.78 is 5.55. The Labute approximate surface area is 153 Å². The number of ether oxygens (including phenoxy) is 1. The summed E-state index contributed by atoms with van der Waals surface area (Å²) in [6, 6.07) is 0. The molecule has 6 nitrogen and oxygen atoms in total. The molecule has 0 saturated carbocycles. The highest BCUT2D eigenvalue weighted by Crippen LogP contribution is 2.29. The van der Waals surface area contributed by atoms with Crippen LogP contribution in [-0.2, 0) is 19.1 Å². The van der Waals surface area contributed by atoms with E-state index >= 15 is 0 Å². The number of carbonyl (C=O) groups is 3. The summed E-state index contributed by atoms with van der Waals surface area (Å²) in [5, 5.41) is 0.550. The first-order valence-electron chi connectivity index (χ1n) is 8.97. The monoisotopic (exact) mass is 370 g/mol. The maximum atomic E-state index is 12.8. The van der Waals surface area contributed by atoms with Gasteiger partial charge in [-0.25, -0.2) is 4.79 Å². The fourth-order valence-electron chi connectivity index (χ4n) is 3.30. The van der Waals surface area contributed by atoms with Crippen molar-refractivity contribution in [1.29, 1.82) is 0 Å². The number of nitrogens with two attached hydrogens (primary N) is 1. The number of likely N-dealkylation sites (tertiary alicyclic amines) is 1. The first-order chi connectivity index (χ1) is 11.8. The minimum Gasteiger partial charge on any atom is -0.449 e. The van der Waals surface area contributed by atoms with E-state index in [-0.39, 0.29) is 23.7 Å². The van der Waals surface area contributed by atoms with Crippen LogP contribution in [-0.4, -0.2) is 41.9 Å². The van der Waals surface area contributed by atoms with Crippen LogP contribution in [0.1, 0.15) is 52.4 Å². The van der Waals surface area contributed by atoms with Crippen LogP contribution in [0.5, 0.6) is 0 Å². The van der Waals surface area contributed by atoms with Crippen molar-refractivity contribution in [3.63, 3.8) is 0 Å². The van der Waals surface area contributed by atoms with Crippen LogP contribution in [0.25, 0.3) is 0 Å². The van der Waals surface area contributed by atoms with Crippen LogP contribution in [0.2, 0.25) is 0 Å². The Kier molecular flexibility index (Phi) is 6.87. The van der Waals surface area contributed by atoms with Crippen LogP contribution in [0, 0.1) is 11.8 Å². The summed E-state index contributed by atoms with van der Waals surface area (Å²) in [5.41, 5.74) is 5.83. The first kappa shape index (κ1) is 19.8. The number of primary amides is 1. The predicted molar refractivity (Wildman–Crippen MR) is 94.6 cm³/mol. The van der Waals surface area contributed by atoms with Crippen molar-refractivity contribution in [2.75, 3.05) is 13.1 Å². The topological polar surface area (TPSA) is 89.7 Å². The van der Waals surface area contributed by atoms with Gasteiger partial charge in [-0.1, -0.05) is 25.4 Å². The number of rotatable bonds is 5. The summed E-state index contributed by atoms with van der Waals surface area (Å²) in [7, 11) is 0. The molecule has 2 rings (SSSR count). The number of amides is 2. The molecule has 1 saturated heterocycles. The van der Waals surface area contributed by atoms with Gasteiger partial charge >= 0.3 is 5.97 Å². The zero-order valence-corrected chi connectivity index (χ0v) is 15.7. The number of nitrogens with zero attached hydrogens (tertiary/aromatic N) is 1. The number of halogens is 1. The van der Waals surface area contributed by atoms with Crippen molar-refractivity contribution in [2.45, 2.75) is 58.5 Å². The molecule has 25 heavy (non-hydrogen) atoms. The van der Waals surface area contributed by atoms with E-state index in [1.165, 1.54) is 0 Å². The summed E-state index contributed by atoms with van der Waals surface area (Å²) in [6.07, 6.45) is 3.43. The fourth-order valence-corrected chi connectivity index (χ4v) is 3.61. The molecule has 0 aromatic rings. The standard InChI is InChI=1S/C18H27ClN2O4/c1-11(2)15(25-18(24)13-5-3-4-6-14(13)19)17(23)21-9-7-12(8-10-21)16(20)22/h11-12,15H,3-10H2,1-2H3,(H2,20,22)/t15-/m1/s1. The molecule has 1 atom stereocenters. The molecule has 1 aliphatic heterocycles. The lowest BCUT2D eigenvalue weighted by Crippen LogP contribution is -2.48. The SMILES string of the molecule is CC(C)[C@@H](OC(=O)C1=C(Cl)CCCC1)C(=O)N1CCC(C(N)=O)CC1. The van der Waals surface area contributed by atoms with Crippen molar-refractivity contribution >= 4 is 29.4 Å². The minimum absolute atomic E-state index is 0.145. The molecule has 0 aromatic carbocycles. The molecule has 1 heterocycles. The second kappa shape index (κ2) is 8.70. The number of carbonyl (C=O) groups excluding carboxylic acids is 3. The maximum Gasteiger partial charge on any atom is 0.335 e. The van der Waals surface area contributed by atoms with Crippen molar-refractivity contribution < 1.29 is 19.1 Å². The molecule has 2 amide bonds. The van der Waals surface area contributed by atoms with E-state index in [0.717, 1.165) is 12.8 Å². The number of hydrogen-bond acceptors (Lipinski definition) is 4. The predicted octanol–water partition coefficient (Wildman–Crippen LogP) is 2.35. The first-order valence-corrected chi connectivity index (χ1v) is 9.35. The smallest absolute Gasteiger partial charge is 0.335 e. The maximum absolute atomic E-state index is 12.8. The van der Waals surface area contributed by atoms with E-state index in [4.69, 9.17) is 22.1 Å². The third kappa shape index (κ3) is 4.97. The van der Waals surface area contributed by atoms with Gasteiger partial charge in [-0.15, -0.1) is 0 Å². The largest absolute Gasteiger partial charge is 0.449 e. The van der Waals surface area contributed by atoms with E-state index in [9.17, 15) is 14.4 Å². The van der Waals surface area contributed by atoms with E-state index in [1.54, 1.807) is 4.90 Å². The lowest BCUT2D eigenvalue weighted by molar-refractivity contribution is -0.161. The van der Waals surface area contributed by atoms with Crippen molar-refractivity contribution in [2.24, 2.45) is 17.6 Å². The molecule has 0 spiro atoms. The Morgan fingerprint density at radius 1 is 1.16 bits per heavy atom. The van der Waals surface area contributed by atoms with Gasteiger partial charge in [0.25, 0.3) is 5.91 Å². The lowest BCUT2D eigenvalue weighted by Gasteiger charge is -2.34. The summed E-state index contributed by atoms with van der Waals surface area (Å²) >= 11 is 6.15. The molecular formula is C18H27ClN2O4. The second-order valence-electron chi connectivity index (χ2n) is 7.16. The molecule has 0 aromatic heterocycles. The van der Waals surface area contributed by atoms with Gasteiger partial charge < -0.3 is 15.4 Å². The summed E-state index contributed by atoms with van der Waals surface area (Å²) in [4.78, 5) is 38.2. The van der Waals surface area contributed by atoms with Crippen molar-refractivity contribution in [3.8, 4) is 0 Å². The van der Waals surface area contributed by atoms with Gasteiger partial charge in [-0.3, -0.25) is 9.59 Å². The quantitative estimate of drug-likeness (QED) is 0.752. The lowest BCUT2D eigenvalue weighted by atomic mass is 9.95. The molecule has 7 heteroatoms. The number of esters is 1. The number of piperidine rings is 1. The molecule has 0 radical (unpaired) electrons. The van der Waals surface area contributed by atoms with E-state index in [2.05, 4.69) is 0 Å². The Morgan fingerprint density at radius 2 is 1.76 bits per heavy atom. The second-order valence-corrected chi connectivity index (χ2v) is 7.62. The van der Waals surface area contributed by atoms with Gasteiger partial charge in [-0.05, 0) is 44.4 Å². The molecule has 2 aliphatic rings. The highest BCUT2D eigenvalue weighted by molar-refractivity contribution is 6.31. The van der Waals surface area contributed by atoms with Gasteiger partial charge in [-0.2, -0.15) is 0 Å². The summed E-state index contributed by atoms with van der Waals surface area (Å²) in [5.74, 6) is -1.34. The Balaban J connectivity index is 2.01. The van der Waals surface area contributed by atoms with Gasteiger partial charge in [0.1, 0.15) is 0 Å². The van der Waals surface area contributed by atoms with Gasteiger partial charge in [0.15, 0.2) is 6.10 Å². The Bertz CT molecular complexity index is 565. The van der Waals surface area contributed by atoms with Crippen LogP contribution in [0.3, 0.4) is 0 Å². The third-order valence-electron chi connectivity index (χ3n) is 4.94. The Hall–Kier alpha value is -1.56. The van der Waals surface area contributed by atoms with E-state index in [1.807, 2.05) is 13.8 Å². The van der Waals surface area contributed by atoms with Crippen molar-refractivity contribution in [3.05, 3.63) is 10.6 Å². The normalized spacial score (nSPS) is 20.6. The van der Waals surface area contributed by atoms with Crippen LogP contribution < -0.4 is 5.73 Å². The molecule has 1 aliphatic carbocycles. The molecule has 1 fully saturated rings. The van der Waals surface area contributed by atoms with E-state index in [0.29, 0.717) is 49.4 Å². The highest BCUT2D eigenvalue weighted by Gasteiger charge is 2.34. The van der Waals surface area contributed by atoms with Gasteiger partial charge in [0, 0.05) is 24.0 Å². The Morgan fingerprint density at radius 3 is 2.28 bits per heavy atom. The van der Waals surface area contributed by atoms with Crippen LogP contribution in [0.4, 0.5) is 0 Å². The molecule has 2 N–H and O–H groups in total. The molecule has 140 valence electrons. The molecular weight excluding hydrogens is 344 g/mol. The molecule has 0 bridgehead atoms. The molecule has 0 unspecified atom stereocenters. The van der Waals surface area contributed by atoms with Crippen LogP contribution >= 0.6 is 11.6 Å². The number of allylic oxidation sites excluding steroid dienone is 1. The average molecular weight is 371 g/mol. The van der Waals surface area contributed by atoms with Crippen LogP contribution in [0.15, 0.2) is 10.6 Å². The van der Waals surface area contributed by atoms with E-state index < -0.39 is 12.1 Å². The zero-order chi connectivity index (χ0) is 18.6. The third-order valence-corrected chi connectivity index (χ3v) is 5.36. The zero-order valence-electron chi connectivity index (χ0n) is 14.9. The minimum atomic E-state index is -0.837. The van der Waals surface area contributed by atoms with Gasteiger partial charge in [0.05, 0.1) is 5.57 Å². The number of hydrogen-bond donors (Lipinski definition) is 1. The average Bonchev–Trinajstić information content (AvgIpc) is 2.59.